The SMILES string of the molecule is C/C(=N\NC(=O)c1ccc(Cl)c(Cl)c1)c1cccc(O)c1. The van der Waals surface area contributed by atoms with E-state index in [2.05, 4.69) is 10.5 Å². The molecule has 21 heavy (non-hydrogen) atoms. The van der Waals surface area contributed by atoms with Crippen molar-refractivity contribution in [3.63, 3.8) is 0 Å². The molecule has 108 valence electrons. The summed E-state index contributed by atoms with van der Waals surface area (Å²) in [5, 5.41) is 14.1. The molecule has 0 atom stereocenters. The highest BCUT2D eigenvalue weighted by Gasteiger charge is 2.07. The lowest BCUT2D eigenvalue weighted by molar-refractivity contribution is 0.0955. The van der Waals surface area contributed by atoms with E-state index in [0.717, 1.165) is 0 Å². The van der Waals surface area contributed by atoms with Gasteiger partial charge in [-0.05, 0) is 37.3 Å². The second kappa shape index (κ2) is 6.61. The summed E-state index contributed by atoms with van der Waals surface area (Å²) in [6, 6.07) is 11.2. The number of hydrazone groups is 1. The summed E-state index contributed by atoms with van der Waals surface area (Å²) in [5.74, 6) is -0.258. The molecule has 0 aliphatic carbocycles. The Bertz CT molecular complexity index is 715. The van der Waals surface area contributed by atoms with Crippen molar-refractivity contribution >= 4 is 34.8 Å². The molecule has 2 rings (SSSR count). The van der Waals surface area contributed by atoms with Gasteiger partial charge in [0.25, 0.3) is 5.91 Å². The highest BCUT2D eigenvalue weighted by Crippen LogP contribution is 2.22. The van der Waals surface area contributed by atoms with Gasteiger partial charge in [-0.3, -0.25) is 4.79 Å². The number of nitrogens with zero attached hydrogens (tertiary/aromatic N) is 1. The minimum Gasteiger partial charge on any atom is -0.508 e. The summed E-state index contributed by atoms with van der Waals surface area (Å²) in [4.78, 5) is 11.9. The van der Waals surface area contributed by atoms with Gasteiger partial charge in [0.15, 0.2) is 0 Å². The fraction of sp³-hybridized carbons (Fsp3) is 0.0667. The highest BCUT2D eigenvalue weighted by atomic mass is 35.5. The Hall–Kier alpha value is -2.04. The number of carbonyl (C=O) groups is 1. The number of carbonyl (C=O) groups excluding carboxylic acids is 1. The molecule has 0 unspecified atom stereocenters. The van der Waals surface area contributed by atoms with E-state index in [1.54, 1.807) is 43.3 Å². The van der Waals surface area contributed by atoms with Crippen LogP contribution in [-0.2, 0) is 0 Å². The number of nitrogens with one attached hydrogen (secondary N) is 1. The number of benzene rings is 2. The van der Waals surface area contributed by atoms with Crippen LogP contribution in [0, 0.1) is 0 Å². The molecule has 0 fully saturated rings. The molecule has 6 heteroatoms. The van der Waals surface area contributed by atoms with E-state index in [9.17, 15) is 9.90 Å². The molecule has 0 aliphatic heterocycles. The summed E-state index contributed by atoms with van der Waals surface area (Å²) >= 11 is 11.7. The van der Waals surface area contributed by atoms with E-state index >= 15 is 0 Å². The highest BCUT2D eigenvalue weighted by molar-refractivity contribution is 6.42. The van der Waals surface area contributed by atoms with Crippen LogP contribution in [0.4, 0.5) is 0 Å². The van der Waals surface area contributed by atoms with Crippen LogP contribution in [0.25, 0.3) is 0 Å². The molecule has 0 heterocycles. The van der Waals surface area contributed by atoms with Crippen LogP contribution in [0.1, 0.15) is 22.8 Å². The Morgan fingerprint density at radius 1 is 1.10 bits per heavy atom. The first kappa shape index (κ1) is 15.4. The topological polar surface area (TPSA) is 61.7 Å². The minimum atomic E-state index is -0.395. The molecule has 0 bridgehead atoms. The second-order valence-electron chi connectivity index (χ2n) is 4.32. The van der Waals surface area contributed by atoms with Crippen LogP contribution in [0.5, 0.6) is 5.75 Å². The smallest absolute Gasteiger partial charge is 0.271 e. The molecule has 2 aromatic carbocycles. The number of aromatic hydroxyl groups is 1. The maximum Gasteiger partial charge on any atom is 0.271 e. The van der Waals surface area contributed by atoms with Crippen LogP contribution >= 0.6 is 23.2 Å². The third-order valence-electron chi connectivity index (χ3n) is 2.77. The Kier molecular flexibility index (Phi) is 4.83. The Morgan fingerprint density at radius 3 is 2.52 bits per heavy atom. The van der Waals surface area contributed by atoms with E-state index in [4.69, 9.17) is 23.2 Å². The summed E-state index contributed by atoms with van der Waals surface area (Å²) in [6.45, 7) is 1.73. The van der Waals surface area contributed by atoms with Crippen LogP contribution < -0.4 is 5.43 Å². The molecule has 0 saturated heterocycles. The molecule has 0 radical (unpaired) electrons. The first-order valence-electron chi connectivity index (χ1n) is 6.06. The molecule has 0 aliphatic rings. The van der Waals surface area contributed by atoms with Crippen LogP contribution in [0.15, 0.2) is 47.6 Å². The molecule has 4 nitrogen and oxygen atoms in total. The number of halogens is 2. The quantitative estimate of drug-likeness (QED) is 0.666. The van der Waals surface area contributed by atoms with Crippen LogP contribution in [0.2, 0.25) is 10.0 Å². The Balaban J connectivity index is 2.12. The van der Waals surface area contributed by atoms with E-state index in [1.807, 2.05) is 0 Å². The summed E-state index contributed by atoms with van der Waals surface area (Å²) in [7, 11) is 0. The number of hydrogen-bond acceptors (Lipinski definition) is 3. The van der Waals surface area contributed by atoms with Crippen molar-refractivity contribution in [1.82, 2.24) is 5.43 Å². The van der Waals surface area contributed by atoms with Crippen LogP contribution in [-0.4, -0.2) is 16.7 Å². The van der Waals surface area contributed by atoms with Gasteiger partial charge in [-0.25, -0.2) is 5.43 Å². The number of phenols is 1. The van der Waals surface area contributed by atoms with Gasteiger partial charge in [-0.1, -0.05) is 35.3 Å². The van der Waals surface area contributed by atoms with Gasteiger partial charge >= 0.3 is 0 Å². The standard InChI is InChI=1S/C15H12Cl2N2O2/c1-9(10-3-2-4-12(20)7-10)18-19-15(21)11-5-6-13(16)14(17)8-11/h2-8,20H,1H3,(H,19,21)/b18-9+. The third-order valence-corrected chi connectivity index (χ3v) is 3.51. The maximum absolute atomic E-state index is 11.9. The molecule has 0 spiro atoms. The van der Waals surface area contributed by atoms with Gasteiger partial charge in [0.05, 0.1) is 15.8 Å². The lowest BCUT2D eigenvalue weighted by Crippen LogP contribution is -2.19. The van der Waals surface area contributed by atoms with E-state index in [-0.39, 0.29) is 5.75 Å². The number of hydrogen-bond donors (Lipinski definition) is 2. The number of rotatable bonds is 3. The first-order valence-corrected chi connectivity index (χ1v) is 6.82. The van der Waals surface area contributed by atoms with Gasteiger partial charge in [-0.2, -0.15) is 5.10 Å². The molecular formula is C15H12Cl2N2O2. The molecular weight excluding hydrogens is 311 g/mol. The van der Waals surface area contributed by atoms with Gasteiger partial charge in [-0.15, -0.1) is 0 Å². The van der Waals surface area contributed by atoms with Crippen molar-refractivity contribution in [2.24, 2.45) is 5.10 Å². The monoisotopic (exact) mass is 322 g/mol. The van der Waals surface area contributed by atoms with Crippen molar-refractivity contribution in [1.29, 1.82) is 0 Å². The van der Waals surface area contributed by atoms with Gasteiger partial charge < -0.3 is 5.11 Å². The van der Waals surface area contributed by atoms with Crippen molar-refractivity contribution in [2.45, 2.75) is 6.92 Å². The zero-order valence-electron chi connectivity index (χ0n) is 11.1. The second-order valence-corrected chi connectivity index (χ2v) is 5.13. The average molecular weight is 323 g/mol. The third kappa shape index (κ3) is 3.97. The van der Waals surface area contributed by atoms with Crippen molar-refractivity contribution in [3.05, 3.63) is 63.6 Å². The average Bonchev–Trinajstić information content (AvgIpc) is 2.47. The fourth-order valence-corrected chi connectivity index (χ4v) is 1.93. The predicted molar refractivity (Wildman–Crippen MR) is 84.2 cm³/mol. The predicted octanol–water partition coefficient (Wildman–Crippen LogP) is 3.85. The minimum absolute atomic E-state index is 0.137. The largest absolute Gasteiger partial charge is 0.508 e. The summed E-state index contributed by atoms with van der Waals surface area (Å²) < 4.78 is 0. The van der Waals surface area contributed by atoms with Crippen molar-refractivity contribution < 1.29 is 9.90 Å². The number of phenolic OH excluding ortho intramolecular Hbond substituents is 1. The van der Waals surface area contributed by atoms with Gasteiger partial charge in [0, 0.05) is 11.1 Å². The first-order chi connectivity index (χ1) is 9.97. The van der Waals surface area contributed by atoms with E-state index in [0.29, 0.717) is 26.9 Å². The maximum atomic E-state index is 11.9. The normalized spacial score (nSPS) is 11.3. The molecule has 0 saturated carbocycles. The van der Waals surface area contributed by atoms with E-state index in [1.165, 1.54) is 6.07 Å². The molecule has 2 N–H and O–H groups in total. The van der Waals surface area contributed by atoms with Gasteiger partial charge in [0.2, 0.25) is 0 Å². The van der Waals surface area contributed by atoms with Crippen molar-refractivity contribution in [3.8, 4) is 5.75 Å². The van der Waals surface area contributed by atoms with Crippen molar-refractivity contribution in [2.75, 3.05) is 0 Å². The lowest BCUT2D eigenvalue weighted by Gasteiger charge is -2.04. The Morgan fingerprint density at radius 2 is 1.86 bits per heavy atom. The lowest BCUT2D eigenvalue weighted by atomic mass is 10.1. The van der Waals surface area contributed by atoms with Gasteiger partial charge in [0.1, 0.15) is 5.75 Å². The number of amides is 1. The summed E-state index contributed by atoms with van der Waals surface area (Å²) in [6.07, 6.45) is 0. The molecule has 0 aromatic heterocycles. The fourth-order valence-electron chi connectivity index (χ4n) is 1.63. The Labute approximate surface area is 132 Å². The summed E-state index contributed by atoms with van der Waals surface area (Å²) in [5.41, 5.74) is 4.07. The molecule has 2 aromatic rings. The van der Waals surface area contributed by atoms with E-state index < -0.39 is 5.91 Å². The zero-order chi connectivity index (χ0) is 15.4. The molecule has 1 amide bonds. The zero-order valence-corrected chi connectivity index (χ0v) is 12.6. The van der Waals surface area contributed by atoms with Crippen LogP contribution in [0.3, 0.4) is 0 Å².